The number of phenolic OH excluding ortho intramolecular Hbond substituents is 1. The van der Waals surface area contributed by atoms with Crippen molar-refractivity contribution in [2.45, 2.75) is 32.0 Å². The second-order valence-corrected chi connectivity index (χ2v) is 12.5. The van der Waals surface area contributed by atoms with Crippen LogP contribution in [0.25, 0.3) is 16.9 Å². The van der Waals surface area contributed by atoms with Crippen LogP contribution in [0.1, 0.15) is 28.7 Å². The molecule has 3 aromatic rings. The topological polar surface area (TPSA) is 157 Å². The Morgan fingerprint density at radius 2 is 1.71 bits per heavy atom. The van der Waals surface area contributed by atoms with E-state index in [9.17, 15) is 29.7 Å². The smallest absolute Gasteiger partial charge is 0.255 e. The Morgan fingerprint density at radius 3 is 2.40 bits per heavy atom. The van der Waals surface area contributed by atoms with E-state index in [4.69, 9.17) is 5.73 Å². The van der Waals surface area contributed by atoms with Gasteiger partial charge in [-0.2, -0.15) is 0 Å². The summed E-state index contributed by atoms with van der Waals surface area (Å²) >= 11 is 0. The highest BCUT2D eigenvalue weighted by Gasteiger charge is 2.55. The number of aromatic hydroxyl groups is 1. The molecule has 1 heterocycles. The molecule has 4 atom stereocenters. The zero-order chi connectivity index (χ0) is 32.2. The summed E-state index contributed by atoms with van der Waals surface area (Å²) in [6, 6.07) is 14.6. The number of carbonyl (C=O) groups is 3. The Hall–Kier alpha value is -4.80. The Kier molecular flexibility index (Phi) is 7.80. The van der Waals surface area contributed by atoms with Crippen molar-refractivity contribution in [2.75, 3.05) is 21.1 Å². The monoisotopic (exact) mass is 608 g/mol. The quantitative estimate of drug-likeness (QED) is 0.233. The normalized spacial score (nSPS) is 22.9. The van der Waals surface area contributed by atoms with Crippen LogP contribution in [0.2, 0.25) is 0 Å². The summed E-state index contributed by atoms with van der Waals surface area (Å²) in [6.07, 6.45) is 4.23. The molecule has 0 saturated heterocycles. The number of hydrogen-bond donors (Lipinski definition) is 4. The first kappa shape index (κ1) is 30.2. The SMILES string of the molecule is CN(Cc1cccnc1)Cc1cccc(-c2ccc(O)c3c2CC2CC4C(C(=O)C(C(N)=O)=C(O)[C@H]4N(C)C)C(=O)C2=C3O)c1. The van der Waals surface area contributed by atoms with Crippen LogP contribution in [0, 0.1) is 17.8 Å². The molecule has 10 nitrogen and oxygen atoms in total. The van der Waals surface area contributed by atoms with Gasteiger partial charge in [-0.15, -0.1) is 0 Å². The molecule has 10 heteroatoms. The van der Waals surface area contributed by atoms with Crippen molar-refractivity contribution in [3.05, 3.63) is 100 Å². The number of likely N-dealkylation sites (N-methyl/N-ethyl adjacent to an activating group) is 1. The van der Waals surface area contributed by atoms with Crippen molar-refractivity contribution >= 4 is 23.2 Å². The van der Waals surface area contributed by atoms with Crippen molar-refractivity contribution in [3.8, 4) is 16.9 Å². The molecule has 1 aromatic heterocycles. The van der Waals surface area contributed by atoms with Gasteiger partial charge in [-0.25, -0.2) is 0 Å². The number of nitrogens with zero attached hydrogens (tertiary/aromatic N) is 3. The average molecular weight is 609 g/mol. The number of amides is 1. The van der Waals surface area contributed by atoms with Crippen LogP contribution in [0.5, 0.6) is 5.75 Å². The molecular formula is C35H36N4O6. The molecule has 2 aromatic carbocycles. The van der Waals surface area contributed by atoms with E-state index in [2.05, 4.69) is 16.0 Å². The number of fused-ring (bicyclic) bond motifs is 3. The number of primary amides is 1. The van der Waals surface area contributed by atoms with Gasteiger partial charge in [-0.3, -0.25) is 29.2 Å². The van der Waals surface area contributed by atoms with E-state index in [1.165, 1.54) is 6.07 Å². The largest absolute Gasteiger partial charge is 0.510 e. The molecule has 6 rings (SSSR count). The number of carbonyl (C=O) groups excluding carboxylic acids is 3. The summed E-state index contributed by atoms with van der Waals surface area (Å²) in [4.78, 5) is 47.7. The number of pyridine rings is 1. The highest BCUT2D eigenvalue weighted by molar-refractivity contribution is 6.28. The van der Waals surface area contributed by atoms with Crippen LogP contribution in [0.4, 0.5) is 0 Å². The molecule has 0 spiro atoms. The molecule has 3 aliphatic rings. The Labute approximate surface area is 261 Å². The molecule has 3 aliphatic carbocycles. The van der Waals surface area contributed by atoms with E-state index >= 15 is 0 Å². The first-order valence-corrected chi connectivity index (χ1v) is 14.9. The van der Waals surface area contributed by atoms with E-state index in [0.717, 1.165) is 28.8 Å². The molecule has 1 saturated carbocycles. The van der Waals surface area contributed by atoms with Crippen molar-refractivity contribution in [2.24, 2.45) is 23.5 Å². The number of aliphatic hydroxyl groups excluding tert-OH is 2. The molecule has 232 valence electrons. The standard InChI is InChI=1S/C35H36N4O6/c1-38(2)30-24-14-21-13-23-22(20-8-4-6-18(12-20)16-39(3)17-19-7-5-11-37-15-19)9-10-25(40)27(23)31(41)26(21)32(42)28(24)33(43)29(34(30)44)35(36)45/h4-12,15,21,24,28,30,40-41,44H,13-14,16-17H2,1-3H3,(H2,36,45)/t21?,24?,28?,30-/m0/s1. The summed E-state index contributed by atoms with van der Waals surface area (Å²) in [5, 5.41) is 33.5. The Morgan fingerprint density at radius 1 is 0.978 bits per heavy atom. The first-order chi connectivity index (χ1) is 21.5. The fourth-order valence-electron chi connectivity index (χ4n) is 7.54. The fraction of sp³-hybridized carbons (Fsp3) is 0.314. The number of aromatic nitrogens is 1. The maximum Gasteiger partial charge on any atom is 0.255 e. The highest BCUT2D eigenvalue weighted by atomic mass is 16.3. The van der Waals surface area contributed by atoms with Gasteiger partial charge in [-0.1, -0.05) is 30.3 Å². The van der Waals surface area contributed by atoms with E-state index in [1.807, 2.05) is 49.6 Å². The van der Waals surface area contributed by atoms with Gasteiger partial charge in [0, 0.05) is 31.1 Å². The van der Waals surface area contributed by atoms with E-state index < -0.39 is 52.6 Å². The number of rotatable bonds is 7. The summed E-state index contributed by atoms with van der Waals surface area (Å²) in [5.74, 6) is -5.88. The van der Waals surface area contributed by atoms with Crippen LogP contribution >= 0.6 is 0 Å². The lowest BCUT2D eigenvalue weighted by Gasteiger charge is -2.46. The third-order valence-corrected chi connectivity index (χ3v) is 9.31. The van der Waals surface area contributed by atoms with Crippen molar-refractivity contribution in [1.29, 1.82) is 0 Å². The number of hydrogen-bond acceptors (Lipinski definition) is 9. The lowest BCUT2D eigenvalue weighted by atomic mass is 9.59. The van der Waals surface area contributed by atoms with Gasteiger partial charge in [0.05, 0.1) is 17.5 Å². The van der Waals surface area contributed by atoms with Gasteiger partial charge in [0.15, 0.2) is 11.6 Å². The van der Waals surface area contributed by atoms with Crippen LogP contribution in [0.15, 0.2) is 77.8 Å². The molecule has 5 N–H and O–H groups in total. The van der Waals surface area contributed by atoms with Crippen molar-refractivity contribution in [3.63, 3.8) is 0 Å². The van der Waals surface area contributed by atoms with Gasteiger partial charge in [0.25, 0.3) is 5.91 Å². The molecule has 1 amide bonds. The lowest BCUT2D eigenvalue weighted by molar-refractivity contribution is -0.136. The Balaban J connectivity index is 1.37. The van der Waals surface area contributed by atoms with Gasteiger partial charge in [-0.05, 0) is 91.8 Å². The average Bonchev–Trinajstić information content (AvgIpc) is 2.97. The number of phenols is 1. The number of Topliss-reactive ketones (excluding diaryl/α,β-unsaturated/α-hetero) is 2. The molecule has 0 aliphatic heterocycles. The number of aliphatic hydroxyl groups is 2. The van der Waals surface area contributed by atoms with E-state index in [1.54, 1.807) is 25.2 Å². The minimum absolute atomic E-state index is 0.0676. The van der Waals surface area contributed by atoms with E-state index in [0.29, 0.717) is 24.9 Å². The highest BCUT2D eigenvalue weighted by Crippen LogP contribution is 2.51. The first-order valence-electron chi connectivity index (χ1n) is 14.9. The third-order valence-electron chi connectivity index (χ3n) is 9.31. The van der Waals surface area contributed by atoms with Crippen LogP contribution in [-0.2, 0) is 33.9 Å². The Bertz CT molecular complexity index is 1780. The summed E-state index contributed by atoms with van der Waals surface area (Å²) in [5.41, 5.74) is 9.74. The molecule has 3 unspecified atom stereocenters. The predicted molar refractivity (Wildman–Crippen MR) is 168 cm³/mol. The zero-order valence-corrected chi connectivity index (χ0v) is 25.4. The van der Waals surface area contributed by atoms with Crippen molar-refractivity contribution in [1.82, 2.24) is 14.8 Å². The number of allylic oxidation sites excluding steroid dienone is 1. The second-order valence-electron chi connectivity index (χ2n) is 12.5. The molecule has 0 bridgehead atoms. The molecular weight excluding hydrogens is 572 g/mol. The van der Waals surface area contributed by atoms with Crippen molar-refractivity contribution < 1.29 is 29.7 Å². The van der Waals surface area contributed by atoms with Crippen LogP contribution < -0.4 is 5.73 Å². The van der Waals surface area contributed by atoms with Crippen LogP contribution in [-0.4, -0.2) is 74.8 Å². The minimum Gasteiger partial charge on any atom is -0.510 e. The van der Waals surface area contributed by atoms with E-state index in [-0.39, 0.29) is 22.6 Å². The maximum atomic E-state index is 14.0. The number of ketones is 2. The number of benzene rings is 2. The summed E-state index contributed by atoms with van der Waals surface area (Å²) < 4.78 is 0. The predicted octanol–water partition coefficient (Wildman–Crippen LogP) is 3.54. The summed E-state index contributed by atoms with van der Waals surface area (Å²) in [6.45, 7) is 1.41. The second kappa shape index (κ2) is 11.6. The van der Waals surface area contributed by atoms with Gasteiger partial charge < -0.3 is 21.1 Å². The fourth-order valence-corrected chi connectivity index (χ4v) is 7.54. The molecule has 0 radical (unpaired) electrons. The molecule has 45 heavy (non-hydrogen) atoms. The van der Waals surface area contributed by atoms with Gasteiger partial charge in [0.2, 0.25) is 0 Å². The van der Waals surface area contributed by atoms with Gasteiger partial charge in [0.1, 0.15) is 22.8 Å². The number of nitrogens with two attached hydrogens (primary N) is 1. The lowest BCUT2D eigenvalue weighted by Crippen LogP contribution is -2.55. The zero-order valence-electron chi connectivity index (χ0n) is 25.4. The van der Waals surface area contributed by atoms with Gasteiger partial charge >= 0.3 is 0 Å². The third kappa shape index (κ3) is 5.19. The minimum atomic E-state index is -1.28. The maximum absolute atomic E-state index is 14.0. The van der Waals surface area contributed by atoms with Crippen LogP contribution in [0.3, 0.4) is 0 Å². The summed E-state index contributed by atoms with van der Waals surface area (Å²) in [7, 11) is 5.44. The molecule has 1 fully saturated rings.